The molecule has 0 aliphatic rings. The van der Waals surface area contributed by atoms with E-state index >= 15 is 0 Å². The zero-order valence-electron chi connectivity index (χ0n) is 9.48. The molecule has 2 nitrogen and oxygen atoms in total. The Kier molecular flexibility index (Phi) is 4.50. The van der Waals surface area contributed by atoms with Gasteiger partial charge in [0.25, 0.3) is 0 Å². The highest BCUT2D eigenvalue weighted by Crippen LogP contribution is 2.32. The second-order valence-corrected chi connectivity index (χ2v) is 6.04. The fourth-order valence-corrected chi connectivity index (χ4v) is 3.22. The van der Waals surface area contributed by atoms with E-state index in [2.05, 4.69) is 30.3 Å². The van der Waals surface area contributed by atoms with Crippen LogP contribution in [0.5, 0.6) is 0 Å². The molecule has 2 heterocycles. The summed E-state index contributed by atoms with van der Waals surface area (Å²) in [6.07, 6.45) is 0. The molecule has 2 aromatic rings. The van der Waals surface area contributed by atoms with E-state index in [1.54, 1.807) is 11.3 Å². The topological polar surface area (TPSA) is 38.9 Å². The standard InChI is InChI=1S/C11H14N2S2.ClH/c1-6-4-9(8(3)15-6)10-5-14-11(13-10)7(2)12;/h4-5,7H,12H2,1-3H3;1H. The molecule has 0 aromatic carbocycles. The minimum absolute atomic E-state index is 0. The molecule has 1 atom stereocenters. The third-order valence-electron chi connectivity index (χ3n) is 2.23. The Morgan fingerprint density at radius 1 is 1.38 bits per heavy atom. The van der Waals surface area contributed by atoms with Crippen LogP contribution in [-0.2, 0) is 0 Å². The van der Waals surface area contributed by atoms with Gasteiger partial charge in [0.05, 0.1) is 11.7 Å². The average Bonchev–Trinajstić information content (AvgIpc) is 2.71. The third-order valence-corrected chi connectivity index (χ3v) is 4.24. The van der Waals surface area contributed by atoms with Crippen molar-refractivity contribution in [2.75, 3.05) is 0 Å². The largest absolute Gasteiger partial charge is 0.322 e. The molecular weight excluding hydrogens is 260 g/mol. The van der Waals surface area contributed by atoms with Crippen molar-refractivity contribution in [2.24, 2.45) is 5.73 Å². The van der Waals surface area contributed by atoms with E-state index in [9.17, 15) is 0 Å². The number of aromatic nitrogens is 1. The van der Waals surface area contributed by atoms with Crippen molar-refractivity contribution in [3.05, 3.63) is 26.2 Å². The predicted octanol–water partition coefficient (Wildman–Crippen LogP) is 3.93. The van der Waals surface area contributed by atoms with E-state index in [-0.39, 0.29) is 18.4 Å². The first-order valence-electron chi connectivity index (χ1n) is 4.86. The molecule has 0 saturated heterocycles. The highest BCUT2D eigenvalue weighted by Gasteiger charge is 2.11. The average molecular weight is 275 g/mol. The van der Waals surface area contributed by atoms with Gasteiger partial charge in [0.15, 0.2) is 0 Å². The molecule has 0 bridgehead atoms. The zero-order valence-corrected chi connectivity index (χ0v) is 11.9. The molecule has 0 radical (unpaired) electrons. The van der Waals surface area contributed by atoms with Gasteiger partial charge in [-0.2, -0.15) is 0 Å². The predicted molar refractivity (Wildman–Crippen MR) is 74.8 cm³/mol. The van der Waals surface area contributed by atoms with Crippen molar-refractivity contribution in [1.82, 2.24) is 4.98 Å². The molecule has 0 amide bonds. The van der Waals surface area contributed by atoms with E-state index < -0.39 is 0 Å². The highest BCUT2D eigenvalue weighted by atomic mass is 35.5. The Hall–Kier alpha value is -0.420. The van der Waals surface area contributed by atoms with Crippen LogP contribution in [0.4, 0.5) is 0 Å². The number of hydrogen-bond donors (Lipinski definition) is 1. The Balaban J connectivity index is 0.00000128. The van der Waals surface area contributed by atoms with Crippen LogP contribution in [0, 0.1) is 13.8 Å². The van der Waals surface area contributed by atoms with Gasteiger partial charge in [-0.25, -0.2) is 4.98 Å². The number of hydrogen-bond acceptors (Lipinski definition) is 4. The number of nitrogens with two attached hydrogens (primary N) is 1. The van der Waals surface area contributed by atoms with Crippen LogP contribution >= 0.6 is 35.1 Å². The summed E-state index contributed by atoms with van der Waals surface area (Å²) < 4.78 is 0. The fraction of sp³-hybridized carbons (Fsp3) is 0.364. The van der Waals surface area contributed by atoms with E-state index in [0.717, 1.165) is 10.7 Å². The quantitative estimate of drug-likeness (QED) is 0.901. The number of halogens is 1. The van der Waals surface area contributed by atoms with Gasteiger partial charge in [0.1, 0.15) is 5.01 Å². The first-order chi connectivity index (χ1) is 7.08. The molecular formula is C11H15ClN2S2. The minimum atomic E-state index is 0. The van der Waals surface area contributed by atoms with Gasteiger partial charge in [-0.15, -0.1) is 35.1 Å². The summed E-state index contributed by atoms with van der Waals surface area (Å²) in [6, 6.07) is 2.23. The lowest BCUT2D eigenvalue weighted by Crippen LogP contribution is -2.03. The Labute approximate surface area is 110 Å². The van der Waals surface area contributed by atoms with E-state index in [4.69, 9.17) is 5.73 Å². The molecule has 0 aliphatic heterocycles. The monoisotopic (exact) mass is 274 g/mol. The van der Waals surface area contributed by atoms with Crippen LogP contribution in [0.1, 0.15) is 27.7 Å². The van der Waals surface area contributed by atoms with Crippen molar-refractivity contribution in [3.63, 3.8) is 0 Å². The van der Waals surface area contributed by atoms with Crippen molar-refractivity contribution >= 4 is 35.1 Å². The molecule has 0 fully saturated rings. The molecule has 2 aromatic heterocycles. The number of rotatable bonds is 2. The Morgan fingerprint density at radius 2 is 2.06 bits per heavy atom. The molecule has 0 spiro atoms. The van der Waals surface area contributed by atoms with Gasteiger partial charge in [0.2, 0.25) is 0 Å². The molecule has 1 unspecified atom stereocenters. The number of nitrogens with zero attached hydrogens (tertiary/aromatic N) is 1. The summed E-state index contributed by atoms with van der Waals surface area (Å²) in [4.78, 5) is 7.21. The molecule has 2 rings (SSSR count). The highest BCUT2D eigenvalue weighted by molar-refractivity contribution is 7.12. The van der Waals surface area contributed by atoms with Gasteiger partial charge in [-0.3, -0.25) is 0 Å². The second kappa shape index (κ2) is 5.27. The maximum Gasteiger partial charge on any atom is 0.110 e. The van der Waals surface area contributed by atoms with Crippen LogP contribution in [0.25, 0.3) is 11.3 Å². The van der Waals surface area contributed by atoms with Crippen molar-refractivity contribution in [3.8, 4) is 11.3 Å². The summed E-state index contributed by atoms with van der Waals surface area (Å²) in [5, 5.41) is 3.10. The first kappa shape index (κ1) is 13.6. The SMILES string of the molecule is Cc1cc(-c2csc(C(C)N)n2)c(C)s1.Cl. The Morgan fingerprint density at radius 3 is 2.50 bits per heavy atom. The lowest BCUT2D eigenvalue weighted by molar-refractivity contribution is 0.808. The lowest BCUT2D eigenvalue weighted by Gasteiger charge is -1.97. The van der Waals surface area contributed by atoms with E-state index in [1.165, 1.54) is 15.3 Å². The molecule has 0 aliphatic carbocycles. The molecule has 0 saturated carbocycles. The molecule has 88 valence electrons. The van der Waals surface area contributed by atoms with Crippen LogP contribution in [0.3, 0.4) is 0 Å². The lowest BCUT2D eigenvalue weighted by atomic mass is 10.2. The van der Waals surface area contributed by atoms with Gasteiger partial charge in [0, 0.05) is 20.7 Å². The maximum absolute atomic E-state index is 5.80. The molecule has 2 N–H and O–H groups in total. The van der Waals surface area contributed by atoms with Gasteiger partial charge >= 0.3 is 0 Å². The van der Waals surface area contributed by atoms with Crippen molar-refractivity contribution < 1.29 is 0 Å². The van der Waals surface area contributed by atoms with Gasteiger partial charge < -0.3 is 5.73 Å². The summed E-state index contributed by atoms with van der Waals surface area (Å²) in [7, 11) is 0. The molecule has 5 heteroatoms. The summed E-state index contributed by atoms with van der Waals surface area (Å²) >= 11 is 3.45. The maximum atomic E-state index is 5.80. The van der Waals surface area contributed by atoms with Crippen LogP contribution in [-0.4, -0.2) is 4.98 Å². The van der Waals surface area contributed by atoms with Crippen molar-refractivity contribution in [2.45, 2.75) is 26.8 Å². The van der Waals surface area contributed by atoms with E-state index in [0.29, 0.717) is 0 Å². The molecule has 16 heavy (non-hydrogen) atoms. The second-order valence-electron chi connectivity index (χ2n) is 3.69. The van der Waals surface area contributed by atoms with E-state index in [1.807, 2.05) is 18.3 Å². The smallest absolute Gasteiger partial charge is 0.110 e. The fourth-order valence-electron chi connectivity index (χ4n) is 1.51. The number of thiazole rings is 1. The number of thiophene rings is 1. The normalized spacial score (nSPS) is 12.2. The Bertz CT molecular complexity index is 474. The third kappa shape index (κ3) is 2.63. The first-order valence-corrected chi connectivity index (χ1v) is 6.56. The summed E-state index contributed by atoms with van der Waals surface area (Å²) in [6.45, 7) is 6.23. The van der Waals surface area contributed by atoms with Crippen LogP contribution in [0.15, 0.2) is 11.4 Å². The van der Waals surface area contributed by atoms with Crippen molar-refractivity contribution in [1.29, 1.82) is 0 Å². The summed E-state index contributed by atoms with van der Waals surface area (Å²) in [5.41, 5.74) is 8.11. The van der Waals surface area contributed by atoms with Crippen LogP contribution < -0.4 is 5.73 Å². The van der Waals surface area contributed by atoms with Gasteiger partial charge in [-0.05, 0) is 26.8 Å². The van der Waals surface area contributed by atoms with Crippen LogP contribution in [0.2, 0.25) is 0 Å². The summed E-state index contributed by atoms with van der Waals surface area (Å²) in [5.74, 6) is 0. The number of aryl methyl sites for hydroxylation is 2. The zero-order chi connectivity index (χ0) is 11.0. The van der Waals surface area contributed by atoms with Gasteiger partial charge in [-0.1, -0.05) is 0 Å². The minimum Gasteiger partial charge on any atom is -0.322 e.